The summed E-state index contributed by atoms with van der Waals surface area (Å²) in [4.78, 5) is 29.3. The Morgan fingerprint density at radius 2 is 1.88 bits per heavy atom. The molecular weight excluding hydrogens is 559 g/mol. The summed E-state index contributed by atoms with van der Waals surface area (Å²) in [6.45, 7) is 1.57. The van der Waals surface area contributed by atoms with Crippen LogP contribution in [0.15, 0.2) is 66.7 Å². The number of carbonyl (C=O) groups excluding carboxylic acids is 2. The number of nitrogens with one attached hydrogen (secondary N) is 2. The van der Waals surface area contributed by atoms with E-state index in [0.29, 0.717) is 42.4 Å². The van der Waals surface area contributed by atoms with E-state index >= 15 is 0 Å². The number of halogens is 2. The zero-order valence-corrected chi connectivity index (χ0v) is 24.3. The molecule has 10 heteroatoms. The molecule has 3 aromatic carbocycles. The van der Waals surface area contributed by atoms with E-state index in [1.807, 2.05) is 55.6 Å². The molecule has 0 unspecified atom stereocenters. The van der Waals surface area contributed by atoms with E-state index in [4.69, 9.17) is 23.2 Å². The van der Waals surface area contributed by atoms with Gasteiger partial charge in [0.15, 0.2) is 0 Å². The minimum Gasteiger partial charge on any atom is -0.350 e. The number of aromatic nitrogens is 3. The fourth-order valence-electron chi connectivity index (χ4n) is 6.17. The van der Waals surface area contributed by atoms with Crippen molar-refractivity contribution in [2.45, 2.75) is 43.8 Å². The van der Waals surface area contributed by atoms with Crippen LogP contribution in [0.3, 0.4) is 0 Å². The molecule has 212 valence electrons. The first-order chi connectivity index (χ1) is 19.9. The summed E-state index contributed by atoms with van der Waals surface area (Å²) in [5.41, 5.74) is 4.82. The van der Waals surface area contributed by atoms with Crippen molar-refractivity contribution in [3.8, 4) is 0 Å². The van der Waals surface area contributed by atoms with E-state index in [1.54, 1.807) is 15.6 Å². The molecule has 4 aromatic rings. The lowest BCUT2D eigenvalue weighted by molar-refractivity contribution is -0.139. The largest absolute Gasteiger partial charge is 0.350 e. The molecule has 2 N–H and O–H groups in total. The highest BCUT2D eigenvalue weighted by atomic mass is 35.5. The molecule has 0 saturated carbocycles. The van der Waals surface area contributed by atoms with Crippen LogP contribution in [0, 0.1) is 5.92 Å². The standard InChI is InChI=1S/C31H32Cl2N6O2/c1-38-28-10-7-19(12-26(28)36-37-38)16-35-30(40)29-13-20(11-22-8-9-24(32)15-25(22)33)18-39(29)31(41)27-14-23(17-34-27)21-5-3-2-4-6-21/h2-10,12,15,20,23,27,29,34H,11,13-14,16-18H2,1H3,(H,35,40)/t20-,23-,27-,29+/m1/s1. The second kappa shape index (κ2) is 11.8. The molecule has 2 saturated heterocycles. The van der Waals surface area contributed by atoms with Crippen molar-refractivity contribution in [1.29, 1.82) is 0 Å². The Morgan fingerprint density at radius 3 is 2.68 bits per heavy atom. The highest BCUT2D eigenvalue weighted by Gasteiger charge is 2.43. The third kappa shape index (κ3) is 5.96. The maximum atomic E-state index is 13.9. The lowest BCUT2D eigenvalue weighted by Crippen LogP contribution is -2.51. The minimum absolute atomic E-state index is 0.0192. The van der Waals surface area contributed by atoms with Crippen LogP contribution >= 0.6 is 23.2 Å². The van der Waals surface area contributed by atoms with Crippen LogP contribution < -0.4 is 10.6 Å². The second-order valence-corrected chi connectivity index (χ2v) is 11.9. The van der Waals surface area contributed by atoms with Gasteiger partial charge >= 0.3 is 0 Å². The Balaban J connectivity index is 1.17. The maximum Gasteiger partial charge on any atom is 0.243 e. The third-order valence-corrected chi connectivity index (χ3v) is 8.93. The monoisotopic (exact) mass is 590 g/mol. The fraction of sp³-hybridized carbons (Fsp3) is 0.355. The van der Waals surface area contributed by atoms with Gasteiger partial charge in [-0.05, 0) is 72.1 Å². The van der Waals surface area contributed by atoms with Crippen LogP contribution in [-0.4, -0.2) is 56.9 Å². The summed E-state index contributed by atoms with van der Waals surface area (Å²) in [5, 5.41) is 15.9. The van der Waals surface area contributed by atoms with Gasteiger partial charge in [-0.15, -0.1) is 5.10 Å². The van der Waals surface area contributed by atoms with Gasteiger partial charge in [0, 0.05) is 36.7 Å². The van der Waals surface area contributed by atoms with Crippen molar-refractivity contribution in [1.82, 2.24) is 30.5 Å². The first-order valence-electron chi connectivity index (χ1n) is 13.9. The summed E-state index contributed by atoms with van der Waals surface area (Å²) in [6, 6.07) is 20.7. The van der Waals surface area contributed by atoms with Crippen molar-refractivity contribution in [2.75, 3.05) is 13.1 Å². The average molecular weight is 592 g/mol. The Labute approximate surface area is 249 Å². The minimum atomic E-state index is -0.559. The van der Waals surface area contributed by atoms with Gasteiger partial charge in [-0.2, -0.15) is 0 Å². The average Bonchev–Trinajstić information content (AvgIpc) is 3.72. The number of nitrogens with zero attached hydrogens (tertiary/aromatic N) is 4. The first-order valence-corrected chi connectivity index (χ1v) is 14.7. The molecule has 2 fully saturated rings. The summed E-state index contributed by atoms with van der Waals surface area (Å²) in [6.07, 6.45) is 1.94. The number of likely N-dealkylation sites (tertiary alicyclic amines) is 1. The van der Waals surface area contributed by atoms with Crippen LogP contribution in [0.25, 0.3) is 11.0 Å². The third-order valence-electron chi connectivity index (χ3n) is 8.34. The fourth-order valence-corrected chi connectivity index (χ4v) is 6.65. The van der Waals surface area contributed by atoms with Gasteiger partial charge in [0.05, 0.1) is 11.6 Å². The molecule has 0 aliphatic carbocycles. The van der Waals surface area contributed by atoms with Crippen molar-refractivity contribution in [2.24, 2.45) is 13.0 Å². The van der Waals surface area contributed by atoms with Crippen molar-refractivity contribution in [3.63, 3.8) is 0 Å². The predicted molar refractivity (Wildman–Crippen MR) is 160 cm³/mol. The van der Waals surface area contributed by atoms with E-state index < -0.39 is 6.04 Å². The molecule has 4 atom stereocenters. The molecular formula is C31H32Cl2N6O2. The van der Waals surface area contributed by atoms with Crippen LogP contribution in [0.2, 0.25) is 10.0 Å². The molecule has 6 rings (SSSR count). The molecule has 0 spiro atoms. The van der Waals surface area contributed by atoms with E-state index in [-0.39, 0.29) is 29.7 Å². The molecule has 2 aliphatic heterocycles. The predicted octanol–water partition coefficient (Wildman–Crippen LogP) is 4.50. The number of carbonyl (C=O) groups is 2. The number of hydrogen-bond donors (Lipinski definition) is 2. The van der Waals surface area contributed by atoms with E-state index in [9.17, 15) is 9.59 Å². The van der Waals surface area contributed by atoms with Crippen LogP contribution in [0.4, 0.5) is 0 Å². The lowest BCUT2D eigenvalue weighted by atomic mass is 9.96. The molecule has 8 nitrogen and oxygen atoms in total. The van der Waals surface area contributed by atoms with E-state index in [2.05, 4.69) is 33.1 Å². The number of amides is 2. The van der Waals surface area contributed by atoms with Crippen molar-refractivity contribution < 1.29 is 9.59 Å². The summed E-state index contributed by atoms with van der Waals surface area (Å²) in [7, 11) is 1.84. The second-order valence-electron chi connectivity index (χ2n) is 11.1. The molecule has 3 heterocycles. The summed E-state index contributed by atoms with van der Waals surface area (Å²) >= 11 is 12.6. The van der Waals surface area contributed by atoms with Gasteiger partial charge in [0.1, 0.15) is 11.6 Å². The van der Waals surface area contributed by atoms with Gasteiger partial charge in [0.2, 0.25) is 11.8 Å². The highest BCUT2D eigenvalue weighted by molar-refractivity contribution is 6.35. The number of aryl methyl sites for hydroxylation is 1. The van der Waals surface area contributed by atoms with E-state index in [0.717, 1.165) is 28.7 Å². The van der Waals surface area contributed by atoms with Crippen LogP contribution in [0.1, 0.15) is 35.4 Å². The molecule has 2 amide bonds. The van der Waals surface area contributed by atoms with Gasteiger partial charge in [0.25, 0.3) is 0 Å². The molecule has 0 bridgehead atoms. The van der Waals surface area contributed by atoms with Gasteiger partial charge < -0.3 is 15.5 Å². The van der Waals surface area contributed by atoms with E-state index in [1.165, 1.54) is 5.56 Å². The zero-order valence-electron chi connectivity index (χ0n) is 22.8. The number of hydrogen-bond acceptors (Lipinski definition) is 5. The normalized spacial score (nSPS) is 22.4. The quantitative estimate of drug-likeness (QED) is 0.331. The van der Waals surface area contributed by atoms with Crippen molar-refractivity contribution in [3.05, 3.63) is 93.5 Å². The Hall–Kier alpha value is -3.46. The summed E-state index contributed by atoms with van der Waals surface area (Å²) < 4.78 is 1.71. The molecule has 1 aromatic heterocycles. The lowest BCUT2D eigenvalue weighted by Gasteiger charge is -2.27. The molecule has 2 aliphatic rings. The topological polar surface area (TPSA) is 92.2 Å². The smallest absolute Gasteiger partial charge is 0.243 e. The molecule has 0 radical (unpaired) electrons. The summed E-state index contributed by atoms with van der Waals surface area (Å²) in [5.74, 6) is 0.185. The number of rotatable bonds is 7. The maximum absolute atomic E-state index is 13.9. The Bertz CT molecular complexity index is 1580. The van der Waals surface area contributed by atoms with Crippen LogP contribution in [-0.2, 0) is 29.6 Å². The Morgan fingerprint density at radius 1 is 1.05 bits per heavy atom. The number of fused-ring (bicyclic) bond motifs is 1. The Kier molecular flexibility index (Phi) is 7.97. The molecule has 41 heavy (non-hydrogen) atoms. The number of benzene rings is 3. The van der Waals surface area contributed by atoms with Gasteiger partial charge in [-0.3, -0.25) is 9.59 Å². The SMILES string of the molecule is Cn1nnc2cc(CNC(=O)[C@@H]3C[C@@H](Cc4ccc(Cl)cc4Cl)CN3C(=O)[C@H]3C[C@@H](c4ccccc4)CN3)ccc21. The van der Waals surface area contributed by atoms with Gasteiger partial charge in [-0.1, -0.05) is 70.9 Å². The zero-order chi connectivity index (χ0) is 28.5. The van der Waals surface area contributed by atoms with Crippen molar-refractivity contribution >= 4 is 46.0 Å². The van der Waals surface area contributed by atoms with Crippen LogP contribution in [0.5, 0.6) is 0 Å². The van der Waals surface area contributed by atoms with Gasteiger partial charge in [-0.25, -0.2) is 4.68 Å². The highest BCUT2D eigenvalue weighted by Crippen LogP contribution is 2.33. The first kappa shape index (κ1) is 27.7.